The van der Waals surface area contributed by atoms with E-state index in [0.29, 0.717) is 5.82 Å². The van der Waals surface area contributed by atoms with Crippen LogP contribution in [0.1, 0.15) is 31.7 Å². The first-order valence-corrected chi connectivity index (χ1v) is 5.11. The molecule has 3 nitrogen and oxygen atoms in total. The fourth-order valence-corrected chi connectivity index (χ4v) is 1.46. The van der Waals surface area contributed by atoms with E-state index in [1.807, 2.05) is 12.1 Å². The molecule has 1 aromatic heterocycles. The van der Waals surface area contributed by atoms with Crippen molar-refractivity contribution >= 4 is 5.82 Å². The minimum atomic E-state index is -0.209. The Labute approximate surface area is 85.0 Å². The van der Waals surface area contributed by atoms with E-state index < -0.39 is 0 Å². The minimum absolute atomic E-state index is 0.209. The third-order valence-corrected chi connectivity index (χ3v) is 2.29. The van der Waals surface area contributed by atoms with Crippen molar-refractivity contribution < 1.29 is 5.11 Å². The van der Waals surface area contributed by atoms with Crippen molar-refractivity contribution in [1.82, 2.24) is 4.98 Å². The lowest BCUT2D eigenvalue weighted by atomic mass is 10.0. The lowest BCUT2D eigenvalue weighted by molar-refractivity contribution is 0.154. The maximum Gasteiger partial charge on any atom is 0.126 e. The maximum absolute atomic E-state index is 9.54. The quantitative estimate of drug-likeness (QED) is 0.750. The van der Waals surface area contributed by atoms with Crippen molar-refractivity contribution in [1.29, 1.82) is 0 Å². The molecule has 0 aromatic carbocycles. The van der Waals surface area contributed by atoms with Gasteiger partial charge < -0.3 is 10.8 Å². The third kappa shape index (κ3) is 3.34. The molecule has 78 valence electrons. The lowest BCUT2D eigenvalue weighted by Crippen LogP contribution is -2.08. The van der Waals surface area contributed by atoms with Gasteiger partial charge in [0.25, 0.3) is 0 Å². The molecule has 1 rings (SSSR count). The molecule has 14 heavy (non-hydrogen) atoms. The second-order valence-corrected chi connectivity index (χ2v) is 3.53. The Morgan fingerprint density at radius 2 is 2.29 bits per heavy atom. The number of hydrogen-bond donors (Lipinski definition) is 2. The zero-order valence-electron chi connectivity index (χ0n) is 8.61. The Morgan fingerprint density at radius 1 is 1.50 bits per heavy atom. The highest BCUT2D eigenvalue weighted by atomic mass is 16.3. The molecule has 0 saturated heterocycles. The number of aliphatic hydroxyl groups excluding tert-OH is 1. The van der Waals surface area contributed by atoms with Crippen LogP contribution in [0.25, 0.3) is 0 Å². The van der Waals surface area contributed by atoms with Crippen LogP contribution in [0.4, 0.5) is 5.82 Å². The molecule has 0 radical (unpaired) electrons. The van der Waals surface area contributed by atoms with Crippen LogP contribution >= 0.6 is 0 Å². The summed E-state index contributed by atoms with van der Waals surface area (Å²) in [5.74, 6) is 0.580. The molecule has 3 N–H and O–H groups in total. The SMILES string of the molecule is CCCC(O)CCc1cccnc1N. The molecule has 0 spiro atoms. The summed E-state index contributed by atoms with van der Waals surface area (Å²) >= 11 is 0. The smallest absolute Gasteiger partial charge is 0.126 e. The topological polar surface area (TPSA) is 59.1 Å². The van der Waals surface area contributed by atoms with E-state index in [9.17, 15) is 5.11 Å². The predicted octanol–water partition coefficient (Wildman–Crippen LogP) is 1.76. The molecular weight excluding hydrogens is 176 g/mol. The van der Waals surface area contributed by atoms with Gasteiger partial charge in [0.05, 0.1) is 6.10 Å². The molecule has 0 aliphatic rings. The summed E-state index contributed by atoms with van der Waals surface area (Å²) in [6.45, 7) is 2.07. The number of aliphatic hydroxyl groups is 1. The van der Waals surface area contributed by atoms with E-state index in [-0.39, 0.29) is 6.10 Å². The van der Waals surface area contributed by atoms with E-state index in [1.54, 1.807) is 6.20 Å². The highest BCUT2D eigenvalue weighted by molar-refractivity contribution is 5.38. The van der Waals surface area contributed by atoms with E-state index in [0.717, 1.165) is 31.2 Å². The van der Waals surface area contributed by atoms with Crippen LogP contribution in [-0.2, 0) is 6.42 Å². The van der Waals surface area contributed by atoms with Crippen molar-refractivity contribution in [2.24, 2.45) is 0 Å². The number of anilines is 1. The van der Waals surface area contributed by atoms with Crippen LogP contribution in [0.15, 0.2) is 18.3 Å². The van der Waals surface area contributed by atoms with Crippen LogP contribution in [0.5, 0.6) is 0 Å². The molecule has 0 aliphatic heterocycles. The van der Waals surface area contributed by atoms with Crippen molar-refractivity contribution in [2.45, 2.75) is 38.7 Å². The maximum atomic E-state index is 9.54. The first-order valence-electron chi connectivity index (χ1n) is 5.11. The van der Waals surface area contributed by atoms with Gasteiger partial charge in [-0.3, -0.25) is 0 Å². The fourth-order valence-electron chi connectivity index (χ4n) is 1.46. The number of nitrogen functional groups attached to an aromatic ring is 1. The first kappa shape index (κ1) is 11.0. The molecule has 1 unspecified atom stereocenters. The molecule has 1 atom stereocenters. The Hall–Kier alpha value is -1.09. The number of nitrogens with zero attached hydrogens (tertiary/aromatic N) is 1. The number of pyridine rings is 1. The van der Waals surface area contributed by atoms with Crippen LogP contribution in [-0.4, -0.2) is 16.2 Å². The van der Waals surface area contributed by atoms with Gasteiger partial charge in [-0.1, -0.05) is 19.4 Å². The van der Waals surface area contributed by atoms with Crippen LogP contribution in [0.2, 0.25) is 0 Å². The number of hydrogen-bond acceptors (Lipinski definition) is 3. The standard InChI is InChI=1S/C11H18N2O/c1-2-4-10(14)7-6-9-5-3-8-13-11(9)12/h3,5,8,10,14H,2,4,6-7H2,1H3,(H2,12,13). The molecule has 0 aliphatic carbocycles. The van der Waals surface area contributed by atoms with Crippen molar-refractivity contribution in [3.05, 3.63) is 23.9 Å². The minimum Gasteiger partial charge on any atom is -0.393 e. The Bertz CT molecular complexity index is 276. The highest BCUT2D eigenvalue weighted by Gasteiger charge is 2.05. The van der Waals surface area contributed by atoms with Gasteiger partial charge in [0.15, 0.2) is 0 Å². The third-order valence-electron chi connectivity index (χ3n) is 2.29. The van der Waals surface area contributed by atoms with Gasteiger partial charge in [-0.25, -0.2) is 4.98 Å². The summed E-state index contributed by atoms with van der Waals surface area (Å²) < 4.78 is 0. The first-order chi connectivity index (χ1) is 6.74. The summed E-state index contributed by atoms with van der Waals surface area (Å²) in [4.78, 5) is 4.00. The second kappa shape index (κ2) is 5.60. The molecular formula is C11H18N2O. The average Bonchev–Trinajstić information content (AvgIpc) is 2.17. The van der Waals surface area contributed by atoms with E-state index in [2.05, 4.69) is 11.9 Å². The van der Waals surface area contributed by atoms with Crippen LogP contribution < -0.4 is 5.73 Å². The van der Waals surface area contributed by atoms with Crippen LogP contribution in [0.3, 0.4) is 0 Å². The van der Waals surface area contributed by atoms with Gasteiger partial charge in [-0.2, -0.15) is 0 Å². The van der Waals surface area contributed by atoms with E-state index in [1.165, 1.54) is 0 Å². The molecule has 1 heterocycles. The number of nitrogens with two attached hydrogens (primary N) is 1. The monoisotopic (exact) mass is 194 g/mol. The molecule has 1 aromatic rings. The van der Waals surface area contributed by atoms with Crippen molar-refractivity contribution in [3.63, 3.8) is 0 Å². The highest BCUT2D eigenvalue weighted by Crippen LogP contribution is 2.12. The zero-order valence-corrected chi connectivity index (χ0v) is 8.61. The predicted molar refractivity (Wildman–Crippen MR) is 57.9 cm³/mol. The van der Waals surface area contributed by atoms with E-state index >= 15 is 0 Å². The molecule has 0 saturated carbocycles. The Balaban J connectivity index is 2.41. The Morgan fingerprint density at radius 3 is 2.93 bits per heavy atom. The average molecular weight is 194 g/mol. The van der Waals surface area contributed by atoms with Gasteiger partial charge in [0, 0.05) is 6.20 Å². The summed E-state index contributed by atoms with van der Waals surface area (Å²) in [7, 11) is 0. The number of rotatable bonds is 5. The molecule has 3 heteroatoms. The normalized spacial score (nSPS) is 12.7. The fraction of sp³-hybridized carbons (Fsp3) is 0.545. The molecule has 0 bridgehead atoms. The van der Waals surface area contributed by atoms with Crippen molar-refractivity contribution in [2.75, 3.05) is 5.73 Å². The van der Waals surface area contributed by atoms with Gasteiger partial charge >= 0.3 is 0 Å². The van der Waals surface area contributed by atoms with Crippen LogP contribution in [0, 0.1) is 0 Å². The zero-order chi connectivity index (χ0) is 10.4. The van der Waals surface area contributed by atoms with Crippen molar-refractivity contribution in [3.8, 4) is 0 Å². The largest absolute Gasteiger partial charge is 0.393 e. The van der Waals surface area contributed by atoms with Gasteiger partial charge in [0.1, 0.15) is 5.82 Å². The second-order valence-electron chi connectivity index (χ2n) is 3.53. The van der Waals surface area contributed by atoms with Gasteiger partial charge in [0.2, 0.25) is 0 Å². The van der Waals surface area contributed by atoms with Gasteiger partial charge in [-0.05, 0) is 30.9 Å². The van der Waals surface area contributed by atoms with Gasteiger partial charge in [-0.15, -0.1) is 0 Å². The Kier molecular flexibility index (Phi) is 4.40. The lowest BCUT2D eigenvalue weighted by Gasteiger charge is -2.09. The molecule has 0 fully saturated rings. The summed E-state index contributed by atoms with van der Waals surface area (Å²) in [6, 6.07) is 3.83. The molecule has 0 amide bonds. The number of aryl methyl sites for hydroxylation is 1. The number of aromatic nitrogens is 1. The summed E-state index contributed by atoms with van der Waals surface area (Å²) in [5, 5.41) is 9.54. The summed E-state index contributed by atoms with van der Waals surface area (Å²) in [6.07, 6.45) is 4.93. The van der Waals surface area contributed by atoms with E-state index in [4.69, 9.17) is 5.73 Å². The summed E-state index contributed by atoms with van der Waals surface area (Å²) in [5.41, 5.74) is 6.72.